The maximum absolute atomic E-state index is 13.2. The van der Waals surface area contributed by atoms with Crippen LogP contribution in [0, 0.1) is 5.92 Å². The number of rotatable bonds is 6. The van der Waals surface area contributed by atoms with Crippen LogP contribution in [0.1, 0.15) is 26.7 Å². The van der Waals surface area contributed by atoms with Crippen molar-refractivity contribution in [3.8, 4) is 11.1 Å². The van der Waals surface area contributed by atoms with Gasteiger partial charge in [-0.05, 0) is 32.3 Å². The van der Waals surface area contributed by atoms with E-state index in [1.807, 2.05) is 42.6 Å². The molecule has 0 aliphatic carbocycles. The van der Waals surface area contributed by atoms with E-state index in [4.69, 9.17) is 9.72 Å². The number of hydrogen-bond donors (Lipinski definition) is 0. The Morgan fingerprint density at radius 2 is 1.94 bits per heavy atom. The number of hydrogen-bond acceptors (Lipinski definition) is 7. The summed E-state index contributed by atoms with van der Waals surface area (Å²) < 4.78 is 6.64. The van der Waals surface area contributed by atoms with Gasteiger partial charge in [-0.25, -0.2) is 4.98 Å². The number of carbonyl (C=O) groups excluding carboxylic acids is 2. The van der Waals surface area contributed by atoms with Gasteiger partial charge in [-0.3, -0.25) is 19.0 Å². The molecule has 0 N–H and O–H groups in total. The van der Waals surface area contributed by atoms with E-state index in [2.05, 4.69) is 0 Å². The second-order valence-electron chi connectivity index (χ2n) is 8.07. The molecule has 1 atom stereocenters. The molecule has 1 amide bonds. The average molecular weight is 486 g/mol. The van der Waals surface area contributed by atoms with Crippen LogP contribution in [0.3, 0.4) is 0 Å². The fraction of sp³-hybridized carbons (Fsp3) is 0.417. The molecule has 0 spiro atoms. The van der Waals surface area contributed by atoms with Crippen LogP contribution in [0.4, 0.5) is 0 Å². The van der Waals surface area contributed by atoms with E-state index < -0.39 is 5.25 Å². The predicted octanol–water partition coefficient (Wildman–Crippen LogP) is 3.94. The highest BCUT2D eigenvalue weighted by Gasteiger charge is 2.31. The van der Waals surface area contributed by atoms with Gasteiger partial charge in [0.25, 0.3) is 5.56 Å². The molecular formula is C24H27N3O4S2. The van der Waals surface area contributed by atoms with Crippen molar-refractivity contribution < 1.29 is 14.3 Å². The smallest absolute Gasteiger partial charge is 0.309 e. The number of thioether (sulfide) groups is 1. The summed E-state index contributed by atoms with van der Waals surface area (Å²) >= 11 is 2.74. The van der Waals surface area contributed by atoms with Gasteiger partial charge in [0.2, 0.25) is 5.91 Å². The Kier molecular flexibility index (Phi) is 7.19. The number of nitrogens with zero attached hydrogens (tertiary/aromatic N) is 3. The highest BCUT2D eigenvalue weighted by atomic mass is 32.2. The number of likely N-dealkylation sites (tertiary alicyclic amines) is 1. The van der Waals surface area contributed by atoms with E-state index in [0.29, 0.717) is 47.9 Å². The molecule has 2 aromatic heterocycles. The molecule has 0 saturated carbocycles. The molecule has 33 heavy (non-hydrogen) atoms. The van der Waals surface area contributed by atoms with Crippen molar-refractivity contribution in [2.45, 2.75) is 37.1 Å². The Balaban J connectivity index is 1.49. The second kappa shape index (κ2) is 10.1. The number of piperidine rings is 1. The molecule has 1 saturated heterocycles. The van der Waals surface area contributed by atoms with E-state index in [1.165, 1.54) is 27.7 Å². The largest absolute Gasteiger partial charge is 0.466 e. The van der Waals surface area contributed by atoms with Gasteiger partial charge < -0.3 is 9.64 Å². The molecule has 1 aliphatic heterocycles. The molecule has 9 heteroatoms. The molecule has 1 fully saturated rings. The number of fused-ring (bicyclic) bond motifs is 1. The third-order valence-electron chi connectivity index (χ3n) is 5.92. The Morgan fingerprint density at radius 3 is 2.61 bits per heavy atom. The van der Waals surface area contributed by atoms with Crippen LogP contribution in [-0.2, 0) is 21.4 Å². The van der Waals surface area contributed by atoms with Gasteiger partial charge in [-0.2, -0.15) is 0 Å². The lowest BCUT2D eigenvalue weighted by Gasteiger charge is -2.32. The number of esters is 1. The molecule has 174 valence electrons. The van der Waals surface area contributed by atoms with Crippen molar-refractivity contribution in [1.29, 1.82) is 0 Å². The number of amides is 1. The van der Waals surface area contributed by atoms with Crippen LogP contribution in [0.25, 0.3) is 21.3 Å². The summed E-state index contributed by atoms with van der Waals surface area (Å²) in [4.78, 5) is 45.4. The summed E-state index contributed by atoms with van der Waals surface area (Å²) in [5.74, 6) is -0.322. The number of benzene rings is 1. The molecular weight excluding hydrogens is 458 g/mol. The first kappa shape index (κ1) is 23.5. The number of thiophene rings is 1. The van der Waals surface area contributed by atoms with Crippen molar-refractivity contribution in [1.82, 2.24) is 14.5 Å². The quantitative estimate of drug-likeness (QED) is 0.299. The van der Waals surface area contributed by atoms with Crippen LogP contribution < -0.4 is 5.56 Å². The molecule has 0 radical (unpaired) electrons. The third-order valence-corrected chi connectivity index (χ3v) is 7.92. The maximum atomic E-state index is 13.2. The minimum atomic E-state index is -0.395. The summed E-state index contributed by atoms with van der Waals surface area (Å²) in [6, 6.07) is 9.80. The second-order valence-corrected chi connectivity index (χ2v) is 10.2. The normalized spacial score (nSPS) is 15.5. The SMILES string of the molecule is CCOC(=O)C1CCN(C(=O)[C@@H](C)Sc2nc3scc(-c4ccccc4)c3c(=O)n2C)CC1. The summed E-state index contributed by atoms with van der Waals surface area (Å²) in [6.07, 6.45) is 1.23. The molecule has 7 nitrogen and oxygen atoms in total. The first-order chi connectivity index (χ1) is 15.9. The van der Waals surface area contributed by atoms with Gasteiger partial charge in [0.1, 0.15) is 4.83 Å². The molecule has 3 heterocycles. The zero-order valence-electron chi connectivity index (χ0n) is 18.9. The Bertz CT molecular complexity index is 1210. The monoisotopic (exact) mass is 485 g/mol. The van der Waals surface area contributed by atoms with Crippen LogP contribution >= 0.6 is 23.1 Å². The first-order valence-corrected chi connectivity index (χ1v) is 12.8. The molecule has 0 unspecified atom stereocenters. The minimum absolute atomic E-state index is 0.00666. The van der Waals surface area contributed by atoms with Gasteiger partial charge in [0, 0.05) is 31.1 Å². The van der Waals surface area contributed by atoms with Crippen molar-refractivity contribution >= 4 is 45.2 Å². The van der Waals surface area contributed by atoms with Crippen molar-refractivity contribution in [2.75, 3.05) is 19.7 Å². The molecule has 3 aromatic rings. The van der Waals surface area contributed by atoms with E-state index >= 15 is 0 Å². The minimum Gasteiger partial charge on any atom is -0.466 e. The molecule has 0 bridgehead atoms. The summed E-state index contributed by atoms with van der Waals surface area (Å²) in [6.45, 7) is 5.07. The fourth-order valence-corrected chi connectivity index (χ4v) is 6.00. The number of aromatic nitrogens is 2. The van der Waals surface area contributed by atoms with Crippen LogP contribution in [0.2, 0.25) is 0 Å². The standard InChI is InChI=1S/C24H27N3O4S2/c1-4-31-23(30)17-10-12-27(13-11-17)21(28)15(2)33-24-25-20-19(22(29)26(24)3)18(14-32-20)16-8-6-5-7-9-16/h5-9,14-15,17H,4,10-13H2,1-3H3/t15-/m1/s1. The number of carbonyl (C=O) groups is 2. The lowest BCUT2D eigenvalue weighted by molar-refractivity contribution is -0.151. The Labute approximate surface area is 200 Å². The van der Waals surface area contributed by atoms with Crippen molar-refractivity contribution in [3.63, 3.8) is 0 Å². The molecule has 1 aliphatic rings. The summed E-state index contributed by atoms with van der Waals surface area (Å²) in [5, 5.41) is 2.70. The lowest BCUT2D eigenvalue weighted by atomic mass is 9.97. The zero-order chi connectivity index (χ0) is 23.5. The van der Waals surface area contributed by atoms with Gasteiger partial charge in [-0.1, -0.05) is 42.1 Å². The summed E-state index contributed by atoms with van der Waals surface area (Å²) in [5.41, 5.74) is 1.75. The van der Waals surface area contributed by atoms with Gasteiger partial charge in [0.15, 0.2) is 5.16 Å². The van der Waals surface area contributed by atoms with Crippen LogP contribution in [-0.4, -0.2) is 51.3 Å². The predicted molar refractivity (Wildman–Crippen MR) is 132 cm³/mol. The van der Waals surface area contributed by atoms with Crippen molar-refractivity contribution in [3.05, 3.63) is 46.1 Å². The average Bonchev–Trinajstić information content (AvgIpc) is 3.26. The van der Waals surface area contributed by atoms with Crippen LogP contribution in [0.5, 0.6) is 0 Å². The van der Waals surface area contributed by atoms with E-state index in [-0.39, 0.29) is 23.4 Å². The first-order valence-electron chi connectivity index (χ1n) is 11.1. The van der Waals surface area contributed by atoms with E-state index in [1.54, 1.807) is 18.9 Å². The van der Waals surface area contributed by atoms with E-state index in [9.17, 15) is 14.4 Å². The summed E-state index contributed by atoms with van der Waals surface area (Å²) in [7, 11) is 1.70. The van der Waals surface area contributed by atoms with E-state index in [0.717, 1.165) is 11.1 Å². The van der Waals surface area contributed by atoms with Gasteiger partial charge >= 0.3 is 5.97 Å². The van der Waals surface area contributed by atoms with Crippen LogP contribution in [0.15, 0.2) is 45.7 Å². The molecule has 1 aromatic carbocycles. The van der Waals surface area contributed by atoms with Gasteiger partial charge in [0.05, 0.1) is 23.2 Å². The zero-order valence-corrected chi connectivity index (χ0v) is 20.6. The topological polar surface area (TPSA) is 81.5 Å². The molecule has 4 rings (SSSR count). The fourth-order valence-electron chi connectivity index (χ4n) is 4.05. The Morgan fingerprint density at radius 1 is 1.24 bits per heavy atom. The third kappa shape index (κ3) is 4.84. The Hall–Kier alpha value is -2.65. The highest BCUT2D eigenvalue weighted by molar-refractivity contribution is 8.00. The van der Waals surface area contributed by atoms with Crippen molar-refractivity contribution in [2.24, 2.45) is 13.0 Å². The lowest BCUT2D eigenvalue weighted by Crippen LogP contribution is -2.43. The highest BCUT2D eigenvalue weighted by Crippen LogP contribution is 2.33. The maximum Gasteiger partial charge on any atom is 0.309 e. The van der Waals surface area contributed by atoms with Gasteiger partial charge in [-0.15, -0.1) is 11.3 Å². The number of ether oxygens (including phenoxy) is 1.